The molecule has 0 fully saturated rings. The van der Waals surface area contributed by atoms with Gasteiger partial charge in [0, 0.05) is 4.48 Å². The summed E-state index contributed by atoms with van der Waals surface area (Å²) in [6.07, 6.45) is 2.06. The average molecular weight is 391 g/mol. The monoisotopic (exact) mass is 390 g/mol. The molecule has 0 N–H and O–H groups in total. The van der Waals surface area contributed by atoms with Gasteiger partial charge < -0.3 is 4.74 Å². The van der Waals surface area contributed by atoms with Crippen molar-refractivity contribution in [2.45, 2.75) is 19.4 Å². The largest absolute Gasteiger partial charge is 0.489 e. The first-order chi connectivity index (χ1) is 12.3. The van der Waals surface area contributed by atoms with Crippen LogP contribution in [0.4, 0.5) is 0 Å². The number of hydrogen-bond donors (Lipinski definition) is 0. The second-order valence-electron chi connectivity index (χ2n) is 6.24. The standard InChI is InChI=1S/C23H19BrO/c24-22-14-11-19-15-20(25-16-17-7-3-1-4-8-17)12-13-21(19)23(22)18-9-5-2-6-10-18/h1-10,12-13,15H,11,14,16H2. The summed E-state index contributed by atoms with van der Waals surface area (Å²) in [5.41, 5.74) is 6.40. The summed E-state index contributed by atoms with van der Waals surface area (Å²) < 4.78 is 7.28. The van der Waals surface area contributed by atoms with E-state index in [4.69, 9.17) is 4.74 Å². The van der Waals surface area contributed by atoms with Crippen molar-refractivity contribution in [1.29, 1.82) is 0 Å². The van der Waals surface area contributed by atoms with Crippen molar-refractivity contribution in [1.82, 2.24) is 0 Å². The van der Waals surface area contributed by atoms with Gasteiger partial charge in [-0.2, -0.15) is 0 Å². The SMILES string of the molecule is BrC1=C(c2ccccc2)c2ccc(OCc3ccccc3)cc2CC1. The van der Waals surface area contributed by atoms with E-state index in [1.54, 1.807) is 0 Å². The molecule has 0 saturated carbocycles. The van der Waals surface area contributed by atoms with E-state index in [1.807, 2.05) is 18.2 Å². The Morgan fingerprint density at radius 1 is 0.800 bits per heavy atom. The van der Waals surface area contributed by atoms with Gasteiger partial charge in [0.1, 0.15) is 12.4 Å². The van der Waals surface area contributed by atoms with E-state index in [0.717, 1.165) is 18.6 Å². The van der Waals surface area contributed by atoms with Gasteiger partial charge in [-0.3, -0.25) is 0 Å². The Kier molecular flexibility index (Phi) is 4.71. The molecule has 1 aliphatic rings. The lowest BCUT2D eigenvalue weighted by atomic mass is 9.87. The van der Waals surface area contributed by atoms with E-state index >= 15 is 0 Å². The smallest absolute Gasteiger partial charge is 0.120 e. The lowest BCUT2D eigenvalue weighted by molar-refractivity contribution is 0.306. The topological polar surface area (TPSA) is 9.23 Å². The fourth-order valence-electron chi connectivity index (χ4n) is 3.28. The van der Waals surface area contributed by atoms with Crippen LogP contribution in [0, 0.1) is 0 Å². The molecule has 0 amide bonds. The second kappa shape index (κ2) is 7.28. The molecule has 124 valence electrons. The van der Waals surface area contributed by atoms with Gasteiger partial charge in [0.25, 0.3) is 0 Å². The Morgan fingerprint density at radius 3 is 2.28 bits per heavy atom. The fraction of sp³-hybridized carbons (Fsp3) is 0.130. The molecular formula is C23H19BrO. The first-order valence-corrected chi connectivity index (χ1v) is 9.34. The molecule has 1 aliphatic carbocycles. The van der Waals surface area contributed by atoms with Crippen LogP contribution in [0.15, 0.2) is 83.3 Å². The van der Waals surface area contributed by atoms with Crippen LogP contribution in [-0.2, 0) is 13.0 Å². The number of hydrogen-bond acceptors (Lipinski definition) is 1. The van der Waals surface area contributed by atoms with E-state index in [1.165, 1.54) is 32.3 Å². The molecular weight excluding hydrogens is 372 g/mol. The molecule has 3 aromatic rings. The minimum absolute atomic E-state index is 0.602. The number of ether oxygens (including phenoxy) is 1. The number of aryl methyl sites for hydroxylation is 1. The van der Waals surface area contributed by atoms with Crippen LogP contribution in [0.1, 0.15) is 28.7 Å². The van der Waals surface area contributed by atoms with Gasteiger partial charge in [-0.25, -0.2) is 0 Å². The van der Waals surface area contributed by atoms with Crippen molar-refractivity contribution in [3.63, 3.8) is 0 Å². The predicted octanol–water partition coefficient (Wildman–Crippen LogP) is 6.37. The molecule has 0 unspecified atom stereocenters. The van der Waals surface area contributed by atoms with Gasteiger partial charge in [-0.05, 0) is 52.8 Å². The zero-order chi connectivity index (χ0) is 17.1. The summed E-state index contributed by atoms with van der Waals surface area (Å²) in [4.78, 5) is 0. The van der Waals surface area contributed by atoms with E-state index in [0.29, 0.717) is 6.61 Å². The normalized spacial score (nSPS) is 13.5. The van der Waals surface area contributed by atoms with E-state index in [-0.39, 0.29) is 0 Å². The first kappa shape index (κ1) is 16.2. The molecule has 0 aliphatic heterocycles. The van der Waals surface area contributed by atoms with Crippen molar-refractivity contribution in [2.24, 2.45) is 0 Å². The number of fused-ring (bicyclic) bond motifs is 1. The Balaban J connectivity index is 1.61. The van der Waals surface area contributed by atoms with Crippen LogP contribution in [0.25, 0.3) is 5.57 Å². The molecule has 0 heterocycles. The van der Waals surface area contributed by atoms with E-state index < -0.39 is 0 Å². The summed E-state index contributed by atoms with van der Waals surface area (Å²) in [5.74, 6) is 0.938. The van der Waals surface area contributed by atoms with E-state index in [2.05, 4.69) is 76.6 Å². The Labute approximate surface area is 157 Å². The predicted molar refractivity (Wildman–Crippen MR) is 107 cm³/mol. The average Bonchev–Trinajstić information content (AvgIpc) is 2.68. The summed E-state index contributed by atoms with van der Waals surface area (Å²) in [7, 11) is 0. The molecule has 4 rings (SSSR count). The van der Waals surface area contributed by atoms with Crippen LogP contribution >= 0.6 is 15.9 Å². The highest BCUT2D eigenvalue weighted by molar-refractivity contribution is 9.11. The maximum absolute atomic E-state index is 6.00. The lowest BCUT2D eigenvalue weighted by Gasteiger charge is -2.22. The number of allylic oxidation sites excluding steroid dienone is 1. The molecule has 0 spiro atoms. The quantitative estimate of drug-likeness (QED) is 0.502. The number of rotatable bonds is 4. The van der Waals surface area contributed by atoms with Crippen LogP contribution in [0.3, 0.4) is 0 Å². The zero-order valence-corrected chi connectivity index (χ0v) is 15.5. The molecule has 0 saturated heterocycles. The first-order valence-electron chi connectivity index (χ1n) is 8.55. The Morgan fingerprint density at radius 2 is 1.52 bits per heavy atom. The lowest BCUT2D eigenvalue weighted by Crippen LogP contribution is -2.04. The fourth-order valence-corrected chi connectivity index (χ4v) is 3.92. The van der Waals surface area contributed by atoms with Crippen molar-refractivity contribution in [2.75, 3.05) is 0 Å². The molecule has 25 heavy (non-hydrogen) atoms. The third-order valence-electron chi connectivity index (χ3n) is 4.54. The highest BCUT2D eigenvalue weighted by Crippen LogP contribution is 2.39. The van der Waals surface area contributed by atoms with Gasteiger partial charge in [-0.15, -0.1) is 0 Å². The maximum atomic E-state index is 6.00. The highest BCUT2D eigenvalue weighted by Gasteiger charge is 2.19. The van der Waals surface area contributed by atoms with Crippen molar-refractivity contribution in [3.8, 4) is 5.75 Å². The van der Waals surface area contributed by atoms with Crippen LogP contribution < -0.4 is 4.74 Å². The Hall–Kier alpha value is -2.32. The molecule has 0 atom stereocenters. The summed E-state index contributed by atoms with van der Waals surface area (Å²) in [6.45, 7) is 0.602. The van der Waals surface area contributed by atoms with Gasteiger partial charge in [-0.1, -0.05) is 82.7 Å². The molecule has 0 radical (unpaired) electrons. The van der Waals surface area contributed by atoms with Gasteiger partial charge in [0.15, 0.2) is 0 Å². The summed E-state index contributed by atoms with van der Waals surface area (Å²) in [5, 5.41) is 0. The molecule has 2 heteroatoms. The maximum Gasteiger partial charge on any atom is 0.120 e. The minimum atomic E-state index is 0.602. The van der Waals surface area contributed by atoms with Gasteiger partial charge in [0.2, 0.25) is 0 Å². The minimum Gasteiger partial charge on any atom is -0.489 e. The number of halogens is 1. The molecule has 3 aromatic carbocycles. The van der Waals surface area contributed by atoms with E-state index in [9.17, 15) is 0 Å². The highest BCUT2D eigenvalue weighted by atomic mass is 79.9. The molecule has 1 nitrogen and oxygen atoms in total. The van der Waals surface area contributed by atoms with Crippen LogP contribution in [-0.4, -0.2) is 0 Å². The second-order valence-corrected chi connectivity index (χ2v) is 7.20. The van der Waals surface area contributed by atoms with Crippen molar-refractivity contribution < 1.29 is 4.74 Å². The summed E-state index contributed by atoms with van der Waals surface area (Å²) in [6, 6.07) is 27.3. The van der Waals surface area contributed by atoms with Crippen LogP contribution in [0.2, 0.25) is 0 Å². The van der Waals surface area contributed by atoms with Gasteiger partial charge in [0.05, 0.1) is 0 Å². The van der Waals surface area contributed by atoms with Crippen molar-refractivity contribution in [3.05, 3.63) is 106 Å². The molecule has 0 bridgehead atoms. The third kappa shape index (κ3) is 3.54. The van der Waals surface area contributed by atoms with Crippen LogP contribution in [0.5, 0.6) is 5.75 Å². The third-order valence-corrected chi connectivity index (χ3v) is 5.33. The number of benzene rings is 3. The van der Waals surface area contributed by atoms with Crippen molar-refractivity contribution >= 4 is 21.5 Å². The Bertz CT molecular complexity index is 898. The zero-order valence-electron chi connectivity index (χ0n) is 13.9. The van der Waals surface area contributed by atoms with Gasteiger partial charge >= 0.3 is 0 Å². The summed E-state index contributed by atoms with van der Waals surface area (Å²) >= 11 is 3.79. The molecule has 0 aromatic heterocycles.